The van der Waals surface area contributed by atoms with Gasteiger partial charge in [-0.15, -0.1) is 11.8 Å². The zero-order valence-electron chi connectivity index (χ0n) is 12.5. The van der Waals surface area contributed by atoms with Gasteiger partial charge in [0.1, 0.15) is 5.82 Å². The van der Waals surface area contributed by atoms with Crippen LogP contribution in [0.25, 0.3) is 0 Å². The molecule has 1 amide bonds. The first-order valence-corrected chi connectivity index (χ1v) is 9.52. The quantitative estimate of drug-likeness (QED) is 0.769. The standard InChI is InChI=1S/C15H14ClFN2O3S2/c1-9(23-11-4-7-14(17)13(16)8-11)15(20)19-10-2-5-12(6-3-10)24(18,21)22/h2-9H,1H3,(H,19,20)(H2,18,21,22)/t9-/m0/s1. The number of carbonyl (C=O) groups excluding carboxylic acids is 1. The number of nitrogens with two attached hydrogens (primary N) is 1. The van der Waals surface area contributed by atoms with Gasteiger partial charge in [0, 0.05) is 10.6 Å². The highest BCUT2D eigenvalue weighted by molar-refractivity contribution is 8.00. The highest BCUT2D eigenvalue weighted by atomic mass is 35.5. The monoisotopic (exact) mass is 388 g/mol. The van der Waals surface area contributed by atoms with Crippen LogP contribution < -0.4 is 10.5 Å². The number of anilines is 1. The Kier molecular flexibility index (Phi) is 5.87. The van der Waals surface area contributed by atoms with Crippen LogP contribution in [0.15, 0.2) is 52.3 Å². The molecule has 24 heavy (non-hydrogen) atoms. The number of amides is 1. The van der Waals surface area contributed by atoms with Crippen LogP contribution >= 0.6 is 23.4 Å². The van der Waals surface area contributed by atoms with E-state index < -0.39 is 21.1 Å². The molecule has 5 nitrogen and oxygen atoms in total. The summed E-state index contributed by atoms with van der Waals surface area (Å²) in [7, 11) is -3.77. The average Bonchev–Trinajstić information content (AvgIpc) is 2.50. The number of primary sulfonamides is 1. The molecule has 3 N–H and O–H groups in total. The molecule has 0 aliphatic carbocycles. The lowest BCUT2D eigenvalue weighted by atomic mass is 10.3. The molecule has 1 atom stereocenters. The first-order valence-electron chi connectivity index (χ1n) is 6.72. The topological polar surface area (TPSA) is 89.3 Å². The maximum Gasteiger partial charge on any atom is 0.238 e. The van der Waals surface area contributed by atoms with Gasteiger partial charge in [-0.2, -0.15) is 0 Å². The van der Waals surface area contributed by atoms with Gasteiger partial charge in [0.15, 0.2) is 0 Å². The van der Waals surface area contributed by atoms with Gasteiger partial charge in [0.05, 0.1) is 15.2 Å². The number of rotatable bonds is 5. The molecule has 0 aliphatic rings. The van der Waals surface area contributed by atoms with Gasteiger partial charge in [-0.3, -0.25) is 4.79 Å². The summed E-state index contributed by atoms with van der Waals surface area (Å²) in [5.41, 5.74) is 0.442. The van der Waals surface area contributed by atoms with Crippen molar-refractivity contribution in [3.8, 4) is 0 Å². The lowest BCUT2D eigenvalue weighted by molar-refractivity contribution is -0.115. The van der Waals surface area contributed by atoms with Gasteiger partial charge in [-0.1, -0.05) is 11.6 Å². The molecule has 0 bridgehead atoms. The highest BCUT2D eigenvalue weighted by Gasteiger charge is 2.16. The molecule has 2 rings (SSSR count). The van der Waals surface area contributed by atoms with Crippen molar-refractivity contribution in [2.75, 3.05) is 5.32 Å². The molecule has 2 aromatic rings. The molecular formula is C15H14ClFN2O3S2. The van der Waals surface area contributed by atoms with E-state index in [0.717, 1.165) is 0 Å². The van der Waals surface area contributed by atoms with Gasteiger partial charge in [0.25, 0.3) is 0 Å². The largest absolute Gasteiger partial charge is 0.325 e. The fourth-order valence-corrected chi connectivity index (χ4v) is 3.45. The van der Waals surface area contributed by atoms with E-state index >= 15 is 0 Å². The van der Waals surface area contributed by atoms with E-state index in [-0.39, 0.29) is 15.8 Å². The summed E-state index contributed by atoms with van der Waals surface area (Å²) in [4.78, 5) is 12.8. The Morgan fingerprint density at radius 3 is 2.42 bits per heavy atom. The lowest BCUT2D eigenvalue weighted by Gasteiger charge is -2.12. The van der Waals surface area contributed by atoms with Crippen LogP contribution in [0.4, 0.5) is 10.1 Å². The Hall–Kier alpha value is -1.61. The normalized spacial score (nSPS) is 12.7. The van der Waals surface area contributed by atoms with Gasteiger partial charge in [-0.05, 0) is 49.4 Å². The van der Waals surface area contributed by atoms with E-state index in [9.17, 15) is 17.6 Å². The Balaban J connectivity index is 2.02. The summed E-state index contributed by atoms with van der Waals surface area (Å²) in [6, 6.07) is 9.74. The first kappa shape index (κ1) is 18.7. The third-order valence-electron chi connectivity index (χ3n) is 3.02. The smallest absolute Gasteiger partial charge is 0.238 e. The van der Waals surface area contributed by atoms with Crippen molar-refractivity contribution in [2.45, 2.75) is 22.0 Å². The zero-order chi connectivity index (χ0) is 17.9. The fraction of sp³-hybridized carbons (Fsp3) is 0.133. The number of carbonyl (C=O) groups is 1. The molecule has 128 valence electrons. The molecule has 0 unspecified atom stereocenters. The number of sulfonamides is 1. The van der Waals surface area contributed by atoms with Crippen molar-refractivity contribution in [2.24, 2.45) is 5.14 Å². The second kappa shape index (κ2) is 7.52. The summed E-state index contributed by atoms with van der Waals surface area (Å²) in [5, 5.41) is 7.20. The number of nitrogens with one attached hydrogen (secondary N) is 1. The number of halogens is 2. The molecule has 0 heterocycles. The molecular weight excluding hydrogens is 375 g/mol. The maximum atomic E-state index is 13.1. The summed E-state index contributed by atoms with van der Waals surface area (Å²) >= 11 is 6.93. The Morgan fingerprint density at radius 2 is 1.88 bits per heavy atom. The zero-order valence-corrected chi connectivity index (χ0v) is 14.9. The molecule has 9 heteroatoms. The van der Waals surface area contributed by atoms with Crippen LogP contribution in [0.2, 0.25) is 5.02 Å². The van der Waals surface area contributed by atoms with Crippen molar-refractivity contribution < 1.29 is 17.6 Å². The predicted molar refractivity (Wildman–Crippen MR) is 93.2 cm³/mol. The van der Waals surface area contributed by atoms with Crippen LogP contribution in [0.3, 0.4) is 0 Å². The third kappa shape index (κ3) is 4.94. The Labute approximate surface area is 148 Å². The molecule has 0 saturated carbocycles. The Morgan fingerprint density at radius 1 is 1.25 bits per heavy atom. The van der Waals surface area contributed by atoms with E-state index in [1.54, 1.807) is 6.92 Å². The van der Waals surface area contributed by atoms with Crippen molar-refractivity contribution in [1.82, 2.24) is 0 Å². The average molecular weight is 389 g/mol. The SMILES string of the molecule is C[C@H](Sc1ccc(F)c(Cl)c1)C(=O)Nc1ccc(S(N)(=O)=O)cc1. The minimum Gasteiger partial charge on any atom is -0.325 e. The molecule has 0 fully saturated rings. The van der Waals surface area contributed by atoms with Gasteiger partial charge >= 0.3 is 0 Å². The summed E-state index contributed by atoms with van der Waals surface area (Å²) in [6.45, 7) is 1.69. The summed E-state index contributed by atoms with van der Waals surface area (Å²) in [6.07, 6.45) is 0. The maximum absolute atomic E-state index is 13.1. The number of thioether (sulfide) groups is 1. The third-order valence-corrected chi connectivity index (χ3v) is 5.34. The van der Waals surface area contributed by atoms with E-state index in [1.165, 1.54) is 54.2 Å². The van der Waals surface area contributed by atoms with Crippen LogP contribution in [0.1, 0.15) is 6.92 Å². The molecule has 0 radical (unpaired) electrons. The van der Waals surface area contributed by atoms with Crippen molar-refractivity contribution in [1.29, 1.82) is 0 Å². The summed E-state index contributed by atoms with van der Waals surface area (Å²) in [5.74, 6) is -0.808. The molecule has 2 aromatic carbocycles. The van der Waals surface area contributed by atoms with E-state index in [4.69, 9.17) is 16.7 Å². The van der Waals surface area contributed by atoms with Gasteiger partial charge < -0.3 is 5.32 Å². The summed E-state index contributed by atoms with van der Waals surface area (Å²) < 4.78 is 35.5. The van der Waals surface area contributed by atoms with E-state index in [1.807, 2.05) is 0 Å². The first-order chi connectivity index (χ1) is 11.2. The fourth-order valence-electron chi connectivity index (χ4n) is 1.78. The minimum absolute atomic E-state index is 0.00816. The second-order valence-electron chi connectivity index (χ2n) is 4.89. The molecule has 0 saturated heterocycles. The molecule has 0 spiro atoms. The van der Waals surface area contributed by atoms with Crippen molar-refractivity contribution in [3.05, 3.63) is 53.3 Å². The Bertz CT molecular complexity index is 858. The van der Waals surface area contributed by atoms with E-state index in [2.05, 4.69) is 5.32 Å². The number of hydrogen-bond acceptors (Lipinski definition) is 4. The minimum atomic E-state index is -3.77. The van der Waals surface area contributed by atoms with Crippen molar-refractivity contribution in [3.63, 3.8) is 0 Å². The highest BCUT2D eigenvalue weighted by Crippen LogP contribution is 2.28. The lowest BCUT2D eigenvalue weighted by Crippen LogP contribution is -2.22. The van der Waals surface area contributed by atoms with Gasteiger partial charge in [-0.25, -0.2) is 17.9 Å². The second-order valence-corrected chi connectivity index (χ2v) is 8.28. The predicted octanol–water partition coefficient (Wildman–Crippen LogP) is 3.25. The van der Waals surface area contributed by atoms with Crippen LogP contribution in [0, 0.1) is 5.82 Å². The molecule has 0 aromatic heterocycles. The van der Waals surface area contributed by atoms with Crippen LogP contribution in [0.5, 0.6) is 0 Å². The molecule has 0 aliphatic heterocycles. The number of hydrogen-bond donors (Lipinski definition) is 2. The van der Waals surface area contributed by atoms with Crippen molar-refractivity contribution >= 4 is 45.0 Å². The van der Waals surface area contributed by atoms with Gasteiger partial charge in [0.2, 0.25) is 15.9 Å². The number of benzene rings is 2. The van der Waals surface area contributed by atoms with Crippen LogP contribution in [-0.4, -0.2) is 19.6 Å². The van der Waals surface area contributed by atoms with E-state index in [0.29, 0.717) is 10.6 Å². The van der Waals surface area contributed by atoms with Crippen LogP contribution in [-0.2, 0) is 14.8 Å².